The van der Waals surface area contributed by atoms with Gasteiger partial charge in [0.1, 0.15) is 0 Å². The van der Waals surface area contributed by atoms with Crippen LogP contribution in [0.3, 0.4) is 0 Å². The van der Waals surface area contributed by atoms with Crippen LogP contribution in [-0.2, 0) is 22.4 Å². The molecular formula is C16H15BrN2O2S. The third kappa shape index (κ3) is 3.08. The monoisotopic (exact) mass is 378 g/mol. The summed E-state index contributed by atoms with van der Waals surface area (Å²) in [5, 5.41) is 4.80. The molecule has 22 heavy (non-hydrogen) atoms. The van der Waals surface area contributed by atoms with Crippen molar-refractivity contribution in [2.24, 2.45) is 0 Å². The van der Waals surface area contributed by atoms with Gasteiger partial charge in [0.25, 0.3) is 0 Å². The van der Waals surface area contributed by atoms with Crippen molar-refractivity contribution in [3.8, 4) is 0 Å². The van der Waals surface area contributed by atoms with Crippen molar-refractivity contribution in [1.82, 2.24) is 0 Å². The maximum Gasteiger partial charge on any atom is 0.232 e. The molecule has 0 saturated carbocycles. The maximum atomic E-state index is 12.6. The molecule has 2 amide bonds. The van der Waals surface area contributed by atoms with E-state index in [1.54, 1.807) is 16.2 Å². The molecule has 1 aliphatic rings. The van der Waals surface area contributed by atoms with Crippen LogP contribution in [0.1, 0.15) is 17.4 Å². The normalized spacial score (nSPS) is 13.1. The first kappa shape index (κ1) is 15.2. The number of benzene rings is 1. The molecule has 6 heteroatoms. The number of nitrogens with zero attached hydrogens (tertiary/aromatic N) is 1. The number of rotatable bonds is 3. The molecule has 1 N–H and O–H groups in total. The third-order valence-electron chi connectivity index (χ3n) is 3.55. The Bertz CT molecular complexity index is 728. The van der Waals surface area contributed by atoms with Crippen LogP contribution in [0.15, 0.2) is 34.1 Å². The maximum absolute atomic E-state index is 12.6. The zero-order valence-corrected chi connectivity index (χ0v) is 14.5. The number of anilines is 2. The number of halogens is 1. The largest absolute Gasteiger partial charge is 0.324 e. The lowest BCUT2D eigenvalue weighted by Crippen LogP contribution is -2.31. The summed E-state index contributed by atoms with van der Waals surface area (Å²) in [6.45, 7) is 2.13. The number of amides is 2. The van der Waals surface area contributed by atoms with Gasteiger partial charge in [-0.05, 0) is 35.6 Å². The van der Waals surface area contributed by atoms with Crippen molar-refractivity contribution in [1.29, 1.82) is 0 Å². The molecule has 0 spiro atoms. The van der Waals surface area contributed by atoms with Gasteiger partial charge in [-0.15, -0.1) is 11.3 Å². The Balaban J connectivity index is 1.92. The highest BCUT2D eigenvalue weighted by atomic mass is 79.9. The number of fused-ring (bicyclic) bond motifs is 1. The average Bonchev–Trinajstić information content (AvgIpc) is 3.06. The minimum Gasteiger partial charge on any atom is -0.324 e. The Labute approximate surface area is 141 Å². The lowest BCUT2D eigenvalue weighted by atomic mass is 10.1. The molecule has 2 aromatic rings. The van der Waals surface area contributed by atoms with Crippen LogP contribution in [0.4, 0.5) is 11.4 Å². The first-order valence-electron chi connectivity index (χ1n) is 6.97. The van der Waals surface area contributed by atoms with Crippen LogP contribution >= 0.6 is 27.3 Å². The second-order valence-corrected chi connectivity index (χ2v) is 7.14. The number of thiophene rings is 1. The van der Waals surface area contributed by atoms with E-state index in [1.165, 1.54) is 6.92 Å². The summed E-state index contributed by atoms with van der Waals surface area (Å²) in [5.41, 5.74) is 2.60. The molecule has 0 atom stereocenters. The molecule has 1 aromatic heterocycles. The quantitative estimate of drug-likeness (QED) is 0.886. The van der Waals surface area contributed by atoms with Crippen molar-refractivity contribution in [3.63, 3.8) is 0 Å². The highest BCUT2D eigenvalue weighted by molar-refractivity contribution is 9.10. The Morgan fingerprint density at radius 1 is 1.41 bits per heavy atom. The number of hydrogen-bond acceptors (Lipinski definition) is 3. The van der Waals surface area contributed by atoms with Crippen LogP contribution in [-0.4, -0.2) is 18.4 Å². The molecular weight excluding hydrogens is 364 g/mol. The Kier molecular flexibility index (Phi) is 4.31. The molecule has 0 saturated heterocycles. The minimum absolute atomic E-state index is 0.0649. The van der Waals surface area contributed by atoms with Crippen molar-refractivity contribution < 1.29 is 9.59 Å². The van der Waals surface area contributed by atoms with Crippen LogP contribution in [0, 0.1) is 0 Å². The lowest BCUT2D eigenvalue weighted by Gasteiger charge is -2.20. The fourth-order valence-corrected chi connectivity index (χ4v) is 3.90. The first-order chi connectivity index (χ1) is 10.5. The number of hydrogen-bond donors (Lipinski definition) is 1. The summed E-state index contributed by atoms with van der Waals surface area (Å²) in [7, 11) is 0. The van der Waals surface area contributed by atoms with Gasteiger partial charge in [0.2, 0.25) is 11.8 Å². The van der Waals surface area contributed by atoms with E-state index in [2.05, 4.69) is 21.2 Å². The van der Waals surface area contributed by atoms with E-state index in [4.69, 9.17) is 0 Å². The Morgan fingerprint density at radius 3 is 2.91 bits per heavy atom. The van der Waals surface area contributed by atoms with E-state index in [0.29, 0.717) is 18.7 Å². The summed E-state index contributed by atoms with van der Waals surface area (Å²) in [4.78, 5) is 26.9. The van der Waals surface area contributed by atoms with Crippen molar-refractivity contribution >= 4 is 50.5 Å². The molecule has 0 aliphatic carbocycles. The van der Waals surface area contributed by atoms with Gasteiger partial charge in [0, 0.05) is 22.8 Å². The van der Waals surface area contributed by atoms with Gasteiger partial charge in [-0.3, -0.25) is 9.59 Å². The van der Waals surface area contributed by atoms with Gasteiger partial charge >= 0.3 is 0 Å². The zero-order chi connectivity index (χ0) is 15.7. The fraction of sp³-hybridized carbons (Fsp3) is 0.250. The van der Waals surface area contributed by atoms with E-state index in [0.717, 1.165) is 27.0 Å². The summed E-state index contributed by atoms with van der Waals surface area (Å²) in [6, 6.07) is 7.77. The van der Waals surface area contributed by atoms with E-state index >= 15 is 0 Å². The van der Waals surface area contributed by atoms with Gasteiger partial charge in [-0.1, -0.05) is 22.0 Å². The van der Waals surface area contributed by atoms with Gasteiger partial charge in [-0.25, -0.2) is 0 Å². The molecule has 0 fully saturated rings. The zero-order valence-electron chi connectivity index (χ0n) is 12.1. The van der Waals surface area contributed by atoms with E-state index in [9.17, 15) is 9.59 Å². The van der Waals surface area contributed by atoms with E-state index in [1.807, 2.05) is 29.6 Å². The molecule has 1 aliphatic heterocycles. The molecule has 4 nitrogen and oxygen atoms in total. The molecule has 0 bridgehead atoms. The standard InChI is InChI=1S/C16H15BrN2O2S/c1-10(20)18-14-8-12(17)7-11-4-5-19(16(11)14)15(21)9-13-3-2-6-22-13/h2-3,6-8H,4-5,9H2,1H3,(H,18,20). The third-order valence-corrected chi connectivity index (χ3v) is 4.88. The molecule has 0 unspecified atom stereocenters. The average molecular weight is 379 g/mol. The van der Waals surface area contributed by atoms with Crippen LogP contribution in [0.2, 0.25) is 0 Å². The predicted molar refractivity (Wildman–Crippen MR) is 92.5 cm³/mol. The molecule has 114 valence electrons. The minimum atomic E-state index is -0.141. The van der Waals surface area contributed by atoms with Crippen LogP contribution in [0.5, 0.6) is 0 Å². The van der Waals surface area contributed by atoms with Gasteiger partial charge < -0.3 is 10.2 Å². The molecule has 3 rings (SSSR count). The summed E-state index contributed by atoms with van der Waals surface area (Å²) >= 11 is 5.04. The van der Waals surface area contributed by atoms with Gasteiger partial charge in [0.05, 0.1) is 17.8 Å². The highest BCUT2D eigenvalue weighted by Gasteiger charge is 2.28. The van der Waals surface area contributed by atoms with Gasteiger partial charge in [0.15, 0.2) is 0 Å². The number of carbonyl (C=O) groups is 2. The summed E-state index contributed by atoms with van der Waals surface area (Å²) in [6.07, 6.45) is 1.20. The predicted octanol–water partition coefficient (Wildman–Crippen LogP) is 3.60. The van der Waals surface area contributed by atoms with Crippen molar-refractivity contribution in [2.75, 3.05) is 16.8 Å². The molecule has 0 radical (unpaired) electrons. The summed E-state index contributed by atoms with van der Waals surface area (Å²) < 4.78 is 0.905. The highest BCUT2D eigenvalue weighted by Crippen LogP contribution is 2.38. The second kappa shape index (κ2) is 6.22. The Morgan fingerprint density at radius 2 is 2.23 bits per heavy atom. The molecule has 2 heterocycles. The fourth-order valence-electron chi connectivity index (χ4n) is 2.70. The smallest absolute Gasteiger partial charge is 0.232 e. The number of nitrogens with one attached hydrogen (secondary N) is 1. The van der Waals surface area contributed by atoms with Crippen molar-refractivity contribution in [2.45, 2.75) is 19.8 Å². The van der Waals surface area contributed by atoms with Crippen LogP contribution in [0.25, 0.3) is 0 Å². The Hall–Kier alpha value is -1.66. The summed E-state index contributed by atoms with van der Waals surface area (Å²) in [5.74, 6) is -0.0759. The lowest BCUT2D eigenvalue weighted by molar-refractivity contribution is -0.118. The topological polar surface area (TPSA) is 49.4 Å². The van der Waals surface area contributed by atoms with E-state index in [-0.39, 0.29) is 11.8 Å². The SMILES string of the molecule is CC(=O)Nc1cc(Br)cc2c1N(C(=O)Cc1cccs1)CC2. The molecule has 1 aromatic carbocycles. The first-order valence-corrected chi connectivity index (χ1v) is 8.64. The van der Waals surface area contributed by atoms with Crippen LogP contribution < -0.4 is 10.2 Å². The van der Waals surface area contributed by atoms with Crippen molar-refractivity contribution in [3.05, 3.63) is 44.6 Å². The number of carbonyl (C=O) groups excluding carboxylic acids is 2. The second-order valence-electron chi connectivity index (χ2n) is 5.19. The van der Waals surface area contributed by atoms with Gasteiger partial charge in [-0.2, -0.15) is 0 Å². The van der Waals surface area contributed by atoms with E-state index < -0.39 is 0 Å².